The predicted molar refractivity (Wildman–Crippen MR) is 46.0 cm³/mol. The molecule has 0 spiro atoms. The van der Waals surface area contributed by atoms with Crippen LogP contribution in [0.5, 0.6) is 0 Å². The summed E-state index contributed by atoms with van der Waals surface area (Å²) in [5, 5.41) is 11.0. The zero-order valence-electron chi connectivity index (χ0n) is 5.62. The van der Waals surface area contributed by atoms with E-state index < -0.39 is 0 Å². The molecule has 0 aliphatic heterocycles. The SMILES string of the molecule is CSC(=S)/C(=N/O)C(C)=O. The Kier molecular flexibility index (Phi) is 4.22. The summed E-state index contributed by atoms with van der Waals surface area (Å²) in [6.07, 6.45) is 1.72. The number of Topliss-reactive ketones (excluding diaryl/α,β-unsaturated/α-hetero) is 1. The minimum absolute atomic E-state index is 0.0394. The summed E-state index contributed by atoms with van der Waals surface area (Å²) in [6, 6.07) is 0. The molecule has 0 heterocycles. The number of thiocarbonyl (C=S) groups is 1. The van der Waals surface area contributed by atoms with Crippen LogP contribution in [-0.2, 0) is 4.79 Å². The largest absolute Gasteiger partial charge is 0.410 e. The molecule has 0 unspecified atom stereocenters. The van der Waals surface area contributed by atoms with E-state index >= 15 is 0 Å². The van der Waals surface area contributed by atoms with Crippen molar-refractivity contribution in [2.75, 3.05) is 6.26 Å². The van der Waals surface area contributed by atoms with Gasteiger partial charge in [-0.3, -0.25) is 4.79 Å². The normalized spacial score (nSPS) is 11.2. The van der Waals surface area contributed by atoms with Gasteiger partial charge in [0.2, 0.25) is 0 Å². The quantitative estimate of drug-likeness (QED) is 0.297. The van der Waals surface area contributed by atoms with Crippen LogP contribution in [0, 0.1) is 0 Å². The highest BCUT2D eigenvalue weighted by molar-refractivity contribution is 8.25. The zero-order valence-corrected chi connectivity index (χ0v) is 7.25. The summed E-state index contributed by atoms with van der Waals surface area (Å²) in [7, 11) is 0. The van der Waals surface area contributed by atoms with Gasteiger partial charge in [0.05, 0.1) is 0 Å². The molecular weight excluding hydrogens is 170 g/mol. The van der Waals surface area contributed by atoms with E-state index in [0.29, 0.717) is 4.20 Å². The number of carbonyl (C=O) groups is 1. The lowest BCUT2D eigenvalue weighted by molar-refractivity contribution is -0.111. The van der Waals surface area contributed by atoms with Crippen LogP contribution in [0.2, 0.25) is 0 Å². The molecular formula is C5H7NO2S2. The lowest BCUT2D eigenvalue weighted by Crippen LogP contribution is -2.16. The van der Waals surface area contributed by atoms with E-state index in [-0.39, 0.29) is 11.5 Å². The monoisotopic (exact) mass is 177 g/mol. The third-order valence-electron chi connectivity index (χ3n) is 0.812. The number of thioether (sulfide) groups is 1. The lowest BCUT2D eigenvalue weighted by atomic mass is 10.3. The maximum absolute atomic E-state index is 10.6. The second-order valence-corrected chi connectivity index (χ2v) is 2.98. The second-order valence-electron chi connectivity index (χ2n) is 1.50. The first-order chi connectivity index (χ1) is 4.63. The number of ketones is 1. The van der Waals surface area contributed by atoms with Gasteiger partial charge in [-0.15, -0.1) is 11.8 Å². The lowest BCUT2D eigenvalue weighted by Gasteiger charge is -1.95. The van der Waals surface area contributed by atoms with Gasteiger partial charge in [0.1, 0.15) is 4.20 Å². The molecule has 3 nitrogen and oxygen atoms in total. The Morgan fingerprint density at radius 1 is 1.70 bits per heavy atom. The van der Waals surface area contributed by atoms with Gasteiger partial charge >= 0.3 is 0 Å². The van der Waals surface area contributed by atoms with E-state index in [1.54, 1.807) is 6.26 Å². The third kappa shape index (κ3) is 2.45. The van der Waals surface area contributed by atoms with Gasteiger partial charge in [0, 0.05) is 6.92 Å². The Morgan fingerprint density at radius 3 is 2.30 bits per heavy atom. The summed E-state index contributed by atoms with van der Waals surface area (Å²) in [5.74, 6) is -0.318. The number of hydrogen-bond acceptors (Lipinski definition) is 5. The standard InChI is InChI=1S/C5H7NO2S2/c1-3(7)4(6-8)5(9)10-2/h8H,1-2H3/b6-4+. The van der Waals surface area contributed by atoms with Gasteiger partial charge in [-0.1, -0.05) is 17.4 Å². The van der Waals surface area contributed by atoms with Crippen molar-refractivity contribution < 1.29 is 10.0 Å². The zero-order chi connectivity index (χ0) is 8.15. The van der Waals surface area contributed by atoms with Gasteiger partial charge in [0.25, 0.3) is 0 Å². The minimum atomic E-state index is -0.318. The van der Waals surface area contributed by atoms with Gasteiger partial charge in [-0.25, -0.2) is 0 Å². The molecule has 0 atom stereocenters. The van der Waals surface area contributed by atoms with Crippen LogP contribution in [0.25, 0.3) is 0 Å². The van der Waals surface area contributed by atoms with Gasteiger partial charge in [-0.2, -0.15) is 0 Å². The maximum atomic E-state index is 10.6. The van der Waals surface area contributed by atoms with Crippen LogP contribution in [0.3, 0.4) is 0 Å². The van der Waals surface area contributed by atoms with Crippen molar-refractivity contribution in [2.24, 2.45) is 5.16 Å². The number of rotatable bonds is 2. The molecule has 0 aliphatic carbocycles. The van der Waals surface area contributed by atoms with Crippen molar-refractivity contribution in [3.63, 3.8) is 0 Å². The van der Waals surface area contributed by atoms with Gasteiger partial charge in [-0.05, 0) is 6.26 Å². The first-order valence-corrected chi connectivity index (χ1v) is 4.08. The van der Waals surface area contributed by atoms with Gasteiger partial charge < -0.3 is 5.21 Å². The van der Waals surface area contributed by atoms with Crippen molar-refractivity contribution in [1.29, 1.82) is 0 Å². The molecule has 0 amide bonds. The average molecular weight is 177 g/mol. The molecule has 5 heteroatoms. The molecule has 0 aromatic rings. The Bertz CT molecular complexity index is 188. The number of nitrogens with zero attached hydrogens (tertiary/aromatic N) is 1. The fraction of sp³-hybridized carbons (Fsp3) is 0.400. The molecule has 0 radical (unpaired) electrons. The van der Waals surface area contributed by atoms with Crippen LogP contribution in [0.1, 0.15) is 6.92 Å². The van der Waals surface area contributed by atoms with E-state index in [0.717, 1.165) is 0 Å². The molecule has 0 bridgehead atoms. The molecule has 0 saturated carbocycles. The van der Waals surface area contributed by atoms with E-state index in [4.69, 9.17) is 17.4 Å². The summed E-state index contributed by atoms with van der Waals surface area (Å²) >= 11 is 5.91. The summed E-state index contributed by atoms with van der Waals surface area (Å²) in [5.41, 5.74) is -0.0394. The van der Waals surface area contributed by atoms with Crippen molar-refractivity contribution in [3.05, 3.63) is 0 Å². The Morgan fingerprint density at radius 2 is 2.20 bits per heavy atom. The highest BCUT2D eigenvalue weighted by Crippen LogP contribution is 2.01. The predicted octanol–water partition coefficient (Wildman–Crippen LogP) is 1.10. The fourth-order valence-electron chi connectivity index (χ4n) is 0.352. The third-order valence-corrected chi connectivity index (χ3v) is 2.07. The summed E-state index contributed by atoms with van der Waals surface area (Å²) in [4.78, 5) is 10.6. The Labute approximate surface area is 68.5 Å². The van der Waals surface area contributed by atoms with E-state index in [9.17, 15) is 4.79 Å². The van der Waals surface area contributed by atoms with Crippen LogP contribution < -0.4 is 0 Å². The van der Waals surface area contributed by atoms with Crippen molar-refractivity contribution >= 4 is 39.7 Å². The smallest absolute Gasteiger partial charge is 0.183 e. The second kappa shape index (κ2) is 4.40. The molecule has 0 rings (SSSR count). The molecule has 0 saturated heterocycles. The van der Waals surface area contributed by atoms with Crippen LogP contribution in [0.15, 0.2) is 5.16 Å². The number of hydrogen-bond donors (Lipinski definition) is 1. The molecule has 1 N–H and O–H groups in total. The molecule has 0 aromatic carbocycles. The Hall–Kier alpha value is -0.420. The van der Waals surface area contributed by atoms with E-state index in [1.165, 1.54) is 18.7 Å². The van der Waals surface area contributed by atoms with Crippen molar-refractivity contribution in [1.82, 2.24) is 0 Å². The average Bonchev–Trinajstić information content (AvgIpc) is 1.88. The minimum Gasteiger partial charge on any atom is -0.410 e. The molecule has 0 aliphatic rings. The van der Waals surface area contributed by atoms with Crippen molar-refractivity contribution in [3.8, 4) is 0 Å². The first-order valence-electron chi connectivity index (χ1n) is 2.44. The number of oxime groups is 1. The Balaban J connectivity index is 4.39. The number of carbonyl (C=O) groups excluding carboxylic acids is 1. The van der Waals surface area contributed by atoms with Crippen LogP contribution in [-0.4, -0.2) is 27.2 Å². The van der Waals surface area contributed by atoms with Crippen LogP contribution >= 0.6 is 24.0 Å². The van der Waals surface area contributed by atoms with Crippen LogP contribution in [0.4, 0.5) is 0 Å². The molecule has 10 heavy (non-hydrogen) atoms. The fourth-order valence-corrected chi connectivity index (χ4v) is 0.914. The summed E-state index contributed by atoms with van der Waals surface area (Å²) < 4.78 is 0.315. The summed E-state index contributed by atoms with van der Waals surface area (Å²) in [6.45, 7) is 1.30. The highest BCUT2D eigenvalue weighted by Gasteiger charge is 2.10. The molecule has 0 fully saturated rings. The van der Waals surface area contributed by atoms with Crippen molar-refractivity contribution in [2.45, 2.75) is 6.92 Å². The molecule has 0 aromatic heterocycles. The topological polar surface area (TPSA) is 49.7 Å². The van der Waals surface area contributed by atoms with Gasteiger partial charge in [0.15, 0.2) is 11.5 Å². The maximum Gasteiger partial charge on any atom is 0.183 e. The first kappa shape index (κ1) is 9.58. The highest BCUT2D eigenvalue weighted by atomic mass is 32.2. The van der Waals surface area contributed by atoms with E-state index in [2.05, 4.69) is 5.16 Å². The molecule has 56 valence electrons. The van der Waals surface area contributed by atoms with E-state index in [1.807, 2.05) is 0 Å².